The van der Waals surface area contributed by atoms with Gasteiger partial charge in [0.15, 0.2) is 0 Å². The van der Waals surface area contributed by atoms with E-state index in [0.717, 1.165) is 5.56 Å². The summed E-state index contributed by atoms with van der Waals surface area (Å²) in [5, 5.41) is 14.0. The number of rotatable bonds is 4. The highest BCUT2D eigenvalue weighted by molar-refractivity contribution is 6.31. The summed E-state index contributed by atoms with van der Waals surface area (Å²) < 4.78 is 0. The van der Waals surface area contributed by atoms with Gasteiger partial charge in [-0.3, -0.25) is 14.9 Å². The van der Waals surface area contributed by atoms with E-state index in [9.17, 15) is 14.9 Å². The van der Waals surface area contributed by atoms with Gasteiger partial charge in [-0.15, -0.1) is 0 Å². The van der Waals surface area contributed by atoms with Crippen LogP contribution in [0.15, 0.2) is 48.5 Å². The number of carbonyl (C=O) groups is 1. The number of hydrogen-bond acceptors (Lipinski definition) is 3. The highest BCUT2D eigenvalue weighted by atomic mass is 35.5. The van der Waals surface area contributed by atoms with Gasteiger partial charge in [0.2, 0.25) is 0 Å². The van der Waals surface area contributed by atoms with Gasteiger partial charge in [-0.25, -0.2) is 0 Å². The molecule has 1 unspecified atom stereocenters. The molecule has 1 amide bonds. The zero-order valence-electron chi connectivity index (χ0n) is 11.2. The fourth-order valence-electron chi connectivity index (χ4n) is 1.92. The molecule has 0 aliphatic carbocycles. The minimum absolute atomic E-state index is 0.0503. The number of carbonyl (C=O) groups excluding carboxylic acids is 1. The summed E-state index contributed by atoms with van der Waals surface area (Å²) in [6.45, 7) is 1.82. The molecule has 2 rings (SSSR count). The second-order valence-electron chi connectivity index (χ2n) is 4.52. The standard InChI is InChI=1S/C15H13ClN2O3/c1-10(13-4-2-3-5-14(13)16)17-15(19)11-6-8-12(9-7-11)18(20)21/h2-10H,1H3,(H,17,19). The Hall–Kier alpha value is -2.40. The number of nitro benzene ring substituents is 1. The van der Waals surface area contributed by atoms with Gasteiger partial charge in [-0.2, -0.15) is 0 Å². The summed E-state index contributed by atoms with van der Waals surface area (Å²) in [5.74, 6) is -0.308. The molecule has 0 bridgehead atoms. The van der Waals surface area contributed by atoms with E-state index in [1.54, 1.807) is 6.07 Å². The Kier molecular flexibility index (Phi) is 4.55. The topological polar surface area (TPSA) is 72.2 Å². The number of non-ortho nitro benzene ring substituents is 1. The van der Waals surface area contributed by atoms with Crippen molar-refractivity contribution in [3.8, 4) is 0 Å². The quantitative estimate of drug-likeness (QED) is 0.691. The van der Waals surface area contributed by atoms with Gasteiger partial charge in [0.25, 0.3) is 11.6 Å². The van der Waals surface area contributed by atoms with Gasteiger partial charge in [0.05, 0.1) is 11.0 Å². The molecule has 108 valence electrons. The number of benzene rings is 2. The molecular formula is C15H13ClN2O3. The molecular weight excluding hydrogens is 292 g/mol. The first kappa shape index (κ1) is 15.0. The molecule has 0 heterocycles. The first-order valence-corrected chi connectivity index (χ1v) is 6.66. The van der Waals surface area contributed by atoms with Gasteiger partial charge in [0, 0.05) is 22.7 Å². The SMILES string of the molecule is CC(NC(=O)c1ccc([N+](=O)[O-])cc1)c1ccccc1Cl. The number of nitrogens with zero attached hydrogens (tertiary/aromatic N) is 1. The molecule has 0 spiro atoms. The number of halogens is 1. The molecule has 6 heteroatoms. The van der Waals surface area contributed by atoms with Gasteiger partial charge < -0.3 is 5.32 Å². The summed E-state index contributed by atoms with van der Waals surface area (Å²) in [6.07, 6.45) is 0. The lowest BCUT2D eigenvalue weighted by molar-refractivity contribution is -0.384. The molecule has 1 atom stereocenters. The molecule has 5 nitrogen and oxygen atoms in total. The Morgan fingerprint density at radius 3 is 2.38 bits per heavy atom. The van der Waals surface area contributed by atoms with Gasteiger partial charge in [-0.05, 0) is 30.7 Å². The van der Waals surface area contributed by atoms with E-state index in [4.69, 9.17) is 11.6 Å². The predicted molar refractivity (Wildman–Crippen MR) is 80.4 cm³/mol. The number of nitro groups is 1. The second kappa shape index (κ2) is 6.37. The minimum Gasteiger partial charge on any atom is -0.345 e. The van der Waals surface area contributed by atoms with Crippen LogP contribution in [0.25, 0.3) is 0 Å². The first-order valence-electron chi connectivity index (χ1n) is 6.29. The molecule has 0 radical (unpaired) electrons. The van der Waals surface area contributed by atoms with Crippen molar-refractivity contribution in [1.29, 1.82) is 0 Å². The van der Waals surface area contributed by atoms with Crippen LogP contribution in [0.5, 0.6) is 0 Å². The number of amides is 1. The second-order valence-corrected chi connectivity index (χ2v) is 4.93. The molecule has 0 saturated carbocycles. The third-order valence-electron chi connectivity index (χ3n) is 3.06. The van der Waals surface area contributed by atoms with E-state index in [1.165, 1.54) is 24.3 Å². The average molecular weight is 305 g/mol. The molecule has 2 aromatic rings. The molecule has 1 N–H and O–H groups in total. The van der Waals surface area contributed by atoms with Crippen LogP contribution < -0.4 is 5.32 Å². The van der Waals surface area contributed by atoms with Crippen molar-refractivity contribution in [3.05, 3.63) is 74.8 Å². The normalized spacial score (nSPS) is 11.7. The van der Waals surface area contributed by atoms with Crippen molar-refractivity contribution in [2.45, 2.75) is 13.0 Å². The van der Waals surface area contributed by atoms with E-state index < -0.39 is 4.92 Å². The fourth-order valence-corrected chi connectivity index (χ4v) is 2.22. The summed E-state index contributed by atoms with van der Waals surface area (Å²) >= 11 is 6.08. The Balaban J connectivity index is 2.11. The molecule has 0 saturated heterocycles. The van der Waals surface area contributed by atoms with E-state index in [1.807, 2.05) is 25.1 Å². The Bertz CT molecular complexity index is 671. The summed E-state index contributed by atoms with van der Waals surface area (Å²) in [7, 11) is 0. The van der Waals surface area contributed by atoms with Crippen LogP contribution in [-0.4, -0.2) is 10.8 Å². The van der Waals surface area contributed by atoms with E-state index >= 15 is 0 Å². The lowest BCUT2D eigenvalue weighted by Gasteiger charge is -2.15. The maximum Gasteiger partial charge on any atom is 0.269 e. The molecule has 0 aliphatic heterocycles. The highest BCUT2D eigenvalue weighted by Crippen LogP contribution is 2.22. The highest BCUT2D eigenvalue weighted by Gasteiger charge is 2.14. The maximum absolute atomic E-state index is 12.1. The van der Waals surface area contributed by atoms with Crippen LogP contribution in [-0.2, 0) is 0 Å². The van der Waals surface area contributed by atoms with Crippen LogP contribution in [0.1, 0.15) is 28.9 Å². The average Bonchev–Trinajstić information content (AvgIpc) is 2.47. The van der Waals surface area contributed by atoms with E-state index in [0.29, 0.717) is 10.6 Å². The lowest BCUT2D eigenvalue weighted by Crippen LogP contribution is -2.26. The number of hydrogen-bond donors (Lipinski definition) is 1. The maximum atomic E-state index is 12.1. The molecule has 0 fully saturated rings. The Morgan fingerprint density at radius 1 is 1.19 bits per heavy atom. The van der Waals surface area contributed by atoms with Crippen LogP contribution >= 0.6 is 11.6 Å². The van der Waals surface area contributed by atoms with Crippen molar-refractivity contribution in [2.24, 2.45) is 0 Å². The summed E-state index contributed by atoms with van der Waals surface area (Å²) in [4.78, 5) is 22.2. The zero-order chi connectivity index (χ0) is 15.4. The van der Waals surface area contributed by atoms with Crippen molar-refractivity contribution >= 4 is 23.2 Å². The third-order valence-corrected chi connectivity index (χ3v) is 3.40. The van der Waals surface area contributed by atoms with E-state index in [-0.39, 0.29) is 17.6 Å². The Labute approximate surface area is 126 Å². The van der Waals surface area contributed by atoms with E-state index in [2.05, 4.69) is 5.32 Å². The lowest BCUT2D eigenvalue weighted by atomic mass is 10.1. The number of nitrogens with one attached hydrogen (secondary N) is 1. The predicted octanol–water partition coefficient (Wildman–Crippen LogP) is 3.74. The summed E-state index contributed by atoms with van der Waals surface area (Å²) in [5.41, 5.74) is 1.12. The molecule has 21 heavy (non-hydrogen) atoms. The van der Waals surface area contributed by atoms with Crippen molar-refractivity contribution in [1.82, 2.24) is 5.32 Å². The Morgan fingerprint density at radius 2 is 1.81 bits per heavy atom. The van der Waals surface area contributed by atoms with Crippen molar-refractivity contribution < 1.29 is 9.72 Å². The monoisotopic (exact) mass is 304 g/mol. The van der Waals surface area contributed by atoms with Gasteiger partial charge in [-0.1, -0.05) is 29.8 Å². The zero-order valence-corrected chi connectivity index (χ0v) is 12.0. The molecule has 2 aromatic carbocycles. The largest absolute Gasteiger partial charge is 0.345 e. The molecule has 0 aliphatic rings. The van der Waals surface area contributed by atoms with Crippen LogP contribution in [0, 0.1) is 10.1 Å². The van der Waals surface area contributed by atoms with Crippen LogP contribution in [0.3, 0.4) is 0 Å². The smallest absolute Gasteiger partial charge is 0.269 e. The van der Waals surface area contributed by atoms with Crippen molar-refractivity contribution in [3.63, 3.8) is 0 Å². The van der Waals surface area contributed by atoms with Crippen LogP contribution in [0.2, 0.25) is 5.02 Å². The first-order chi connectivity index (χ1) is 9.99. The van der Waals surface area contributed by atoms with Crippen LogP contribution in [0.4, 0.5) is 5.69 Å². The molecule has 0 aromatic heterocycles. The third kappa shape index (κ3) is 3.58. The summed E-state index contributed by atoms with van der Waals surface area (Å²) in [6, 6.07) is 12.4. The fraction of sp³-hybridized carbons (Fsp3) is 0.133. The van der Waals surface area contributed by atoms with Gasteiger partial charge >= 0.3 is 0 Å². The van der Waals surface area contributed by atoms with Crippen molar-refractivity contribution in [2.75, 3.05) is 0 Å². The van der Waals surface area contributed by atoms with Gasteiger partial charge in [0.1, 0.15) is 0 Å². The minimum atomic E-state index is -0.506.